The average molecular weight is 674 g/mol. The Balaban J connectivity index is 0.000000301. The zero-order chi connectivity index (χ0) is 34.4. The van der Waals surface area contributed by atoms with Crippen LogP contribution in [-0.4, -0.2) is 119 Å². The summed E-state index contributed by atoms with van der Waals surface area (Å²) in [7, 11) is 0. The van der Waals surface area contributed by atoms with Crippen LogP contribution in [0.1, 0.15) is 12.0 Å². The van der Waals surface area contributed by atoms with Gasteiger partial charge in [-0.15, -0.1) is 0 Å². The van der Waals surface area contributed by atoms with Gasteiger partial charge in [-0.25, -0.2) is 19.1 Å². The molecule has 4 saturated heterocycles. The molecule has 0 aliphatic carbocycles. The number of hydrogen-bond acceptors (Lipinski definition) is 10. The molecule has 0 spiro atoms. The Hall–Kier alpha value is -4.67. The summed E-state index contributed by atoms with van der Waals surface area (Å²) in [4.78, 5) is 27.2. The smallest absolute Gasteiger partial charge is 0.490 e. The van der Waals surface area contributed by atoms with Crippen LogP contribution in [0, 0.1) is 11.3 Å². The van der Waals surface area contributed by atoms with Gasteiger partial charge >= 0.3 is 24.3 Å². The molecule has 0 aromatic carbocycles. The number of carbonyl (C=O) groups is 2. The molecule has 2 unspecified atom stereocenters. The van der Waals surface area contributed by atoms with E-state index in [9.17, 15) is 31.6 Å². The van der Waals surface area contributed by atoms with E-state index in [1.165, 1.54) is 6.42 Å². The number of hydrogen-bond donors (Lipinski definition) is 3. The molecule has 3 N–H and O–H groups in total. The molecule has 2 atom stereocenters. The van der Waals surface area contributed by atoms with Crippen molar-refractivity contribution in [3.05, 3.63) is 42.4 Å². The number of halogens is 6. The maximum Gasteiger partial charge on any atom is 0.490 e. The third-order valence-electron chi connectivity index (χ3n) is 7.28. The van der Waals surface area contributed by atoms with E-state index in [1.54, 1.807) is 10.7 Å². The Labute approximate surface area is 262 Å². The van der Waals surface area contributed by atoms with Crippen LogP contribution in [-0.2, 0) is 14.3 Å². The predicted octanol–water partition coefficient (Wildman–Crippen LogP) is 2.80. The van der Waals surface area contributed by atoms with Gasteiger partial charge in [-0.05, 0) is 24.6 Å². The maximum atomic E-state index is 10.6. The second kappa shape index (κ2) is 14.8. The highest BCUT2D eigenvalue weighted by Gasteiger charge is 2.39. The fourth-order valence-corrected chi connectivity index (χ4v) is 5.03. The number of aromatic nitrogens is 3. The highest BCUT2D eigenvalue weighted by molar-refractivity contribution is 5.85. The Bertz CT molecular complexity index is 1550. The molecule has 4 fully saturated rings. The number of alkyl halides is 6. The normalized spacial score (nSPS) is 19.3. The minimum Gasteiger partial charge on any atom is -0.491 e. The summed E-state index contributed by atoms with van der Waals surface area (Å²) < 4.78 is 76.7. The van der Waals surface area contributed by atoms with E-state index in [0.29, 0.717) is 24.3 Å². The van der Waals surface area contributed by atoms with Gasteiger partial charge in [-0.1, -0.05) is 0 Å². The number of carboxylic acid groups (broad SMARTS) is 2. The van der Waals surface area contributed by atoms with E-state index in [0.717, 1.165) is 74.1 Å². The Morgan fingerprint density at radius 1 is 1.04 bits per heavy atom. The highest BCUT2D eigenvalue weighted by Crippen LogP contribution is 2.32. The molecule has 0 saturated carbocycles. The van der Waals surface area contributed by atoms with Crippen molar-refractivity contribution in [3.63, 3.8) is 0 Å². The van der Waals surface area contributed by atoms with Gasteiger partial charge in [0, 0.05) is 62.1 Å². The van der Waals surface area contributed by atoms with Crippen molar-refractivity contribution in [1.29, 1.82) is 5.26 Å². The molecule has 4 aliphatic heterocycles. The third kappa shape index (κ3) is 9.43. The number of nitrogens with zero attached hydrogens (tertiary/aromatic N) is 6. The van der Waals surface area contributed by atoms with Gasteiger partial charge in [0.25, 0.3) is 0 Å². The second-order valence-corrected chi connectivity index (χ2v) is 10.6. The predicted molar refractivity (Wildman–Crippen MR) is 151 cm³/mol. The standard InChI is InChI=1S/C24H27N7O2.2C2HF3O2/c25-11-18-13-27-31-16-21(33-8-5-29-3-6-32-7-4-29)10-22(24(18)31)17-1-2-23(26-12-17)30-14-19-9-20(15-30)28-19;2*3-2(4,5)1(6)7/h1-2,10,12-13,16,19-20,28H,3-9,14-15H2;2*(H,6,7). The molecule has 0 radical (unpaired) electrons. The lowest BCUT2D eigenvalue weighted by atomic mass is 9.91. The molecule has 7 rings (SSSR count). The minimum atomic E-state index is -5.08. The summed E-state index contributed by atoms with van der Waals surface area (Å²) in [5.41, 5.74) is 3.15. The third-order valence-corrected chi connectivity index (χ3v) is 7.28. The molecule has 19 heteroatoms. The van der Waals surface area contributed by atoms with Gasteiger partial charge in [0.05, 0.1) is 36.7 Å². The maximum absolute atomic E-state index is 10.6. The molecule has 47 heavy (non-hydrogen) atoms. The van der Waals surface area contributed by atoms with E-state index in [2.05, 4.69) is 38.4 Å². The molecule has 13 nitrogen and oxygen atoms in total. The molecule has 7 heterocycles. The number of nitriles is 1. The summed E-state index contributed by atoms with van der Waals surface area (Å²) in [6.45, 7) is 6.86. The number of carboxylic acids is 2. The number of morpholine rings is 1. The van der Waals surface area contributed by atoms with Crippen LogP contribution in [0.5, 0.6) is 5.75 Å². The van der Waals surface area contributed by atoms with Crippen molar-refractivity contribution < 1.29 is 55.6 Å². The number of pyridine rings is 2. The number of aliphatic carboxylic acids is 2. The quantitative estimate of drug-likeness (QED) is 0.328. The first-order valence-electron chi connectivity index (χ1n) is 14.1. The average Bonchev–Trinajstić information content (AvgIpc) is 3.44. The Morgan fingerprint density at radius 2 is 1.64 bits per heavy atom. The number of nitrogens with one attached hydrogen (secondary N) is 1. The van der Waals surface area contributed by atoms with Gasteiger partial charge < -0.3 is 29.9 Å². The highest BCUT2D eigenvalue weighted by atomic mass is 19.4. The molecule has 4 aliphatic rings. The molecular formula is C28H29F6N7O6. The van der Waals surface area contributed by atoms with Crippen LogP contribution in [0.25, 0.3) is 16.6 Å². The monoisotopic (exact) mass is 673 g/mol. The van der Waals surface area contributed by atoms with E-state index in [1.807, 2.05) is 18.5 Å². The van der Waals surface area contributed by atoms with E-state index < -0.39 is 24.3 Å². The van der Waals surface area contributed by atoms with Gasteiger partial charge in [0.15, 0.2) is 0 Å². The Morgan fingerprint density at radius 3 is 2.15 bits per heavy atom. The van der Waals surface area contributed by atoms with E-state index in [4.69, 9.17) is 34.3 Å². The minimum absolute atomic E-state index is 0.538. The van der Waals surface area contributed by atoms with Crippen LogP contribution < -0.4 is 15.0 Å². The van der Waals surface area contributed by atoms with Crippen LogP contribution in [0.4, 0.5) is 32.2 Å². The number of piperidine rings is 1. The number of fused-ring (bicyclic) bond motifs is 3. The SMILES string of the molecule is N#Cc1cnn2cc(OCCN3CCOCC3)cc(-c3ccc(N4CC5CC(C4)N5)nc3)c12.O=C(O)C(F)(F)F.O=C(O)C(F)(F)F. The lowest BCUT2D eigenvalue weighted by molar-refractivity contribution is -0.193. The zero-order valence-electron chi connectivity index (χ0n) is 24.5. The van der Waals surface area contributed by atoms with Crippen LogP contribution in [0.3, 0.4) is 0 Å². The molecule has 2 bridgehead atoms. The molecular weight excluding hydrogens is 644 g/mol. The van der Waals surface area contributed by atoms with Crippen LogP contribution in [0.15, 0.2) is 36.8 Å². The number of rotatable bonds is 6. The van der Waals surface area contributed by atoms with Gasteiger partial charge in [-0.2, -0.15) is 36.7 Å². The largest absolute Gasteiger partial charge is 0.491 e. The second-order valence-electron chi connectivity index (χ2n) is 10.6. The number of ether oxygens (including phenoxy) is 2. The lowest BCUT2D eigenvalue weighted by Crippen LogP contribution is -2.67. The molecule has 0 amide bonds. The molecule has 3 aromatic heterocycles. The van der Waals surface area contributed by atoms with Crippen molar-refractivity contribution >= 4 is 23.3 Å². The summed E-state index contributed by atoms with van der Waals surface area (Å²) >= 11 is 0. The van der Waals surface area contributed by atoms with Crippen molar-refractivity contribution in [2.75, 3.05) is 57.4 Å². The van der Waals surface area contributed by atoms with E-state index in [-0.39, 0.29) is 0 Å². The summed E-state index contributed by atoms with van der Waals surface area (Å²) in [5, 5.41) is 31.8. The van der Waals surface area contributed by atoms with Crippen molar-refractivity contribution in [3.8, 4) is 22.9 Å². The summed E-state index contributed by atoms with van der Waals surface area (Å²) in [5.74, 6) is -3.79. The fraction of sp³-hybridized carbons (Fsp3) is 0.464. The first-order chi connectivity index (χ1) is 22.2. The van der Waals surface area contributed by atoms with Crippen molar-refractivity contribution in [1.82, 2.24) is 24.8 Å². The summed E-state index contributed by atoms with van der Waals surface area (Å²) in [6, 6.07) is 9.58. The zero-order valence-corrected chi connectivity index (χ0v) is 24.5. The van der Waals surface area contributed by atoms with Gasteiger partial charge in [0.2, 0.25) is 0 Å². The topological polar surface area (TPSA) is 166 Å². The van der Waals surface area contributed by atoms with Gasteiger partial charge in [0.1, 0.15) is 24.2 Å². The molecule has 254 valence electrons. The van der Waals surface area contributed by atoms with Gasteiger partial charge in [-0.3, -0.25) is 4.90 Å². The first kappa shape index (κ1) is 35.2. The van der Waals surface area contributed by atoms with Crippen molar-refractivity contribution in [2.45, 2.75) is 30.9 Å². The van der Waals surface area contributed by atoms with E-state index >= 15 is 0 Å². The number of piperazine rings is 1. The van der Waals surface area contributed by atoms with Crippen molar-refractivity contribution in [2.24, 2.45) is 0 Å². The van der Waals surface area contributed by atoms with Crippen LogP contribution >= 0.6 is 0 Å². The lowest BCUT2D eigenvalue weighted by Gasteiger charge is -2.48. The van der Waals surface area contributed by atoms with Crippen LogP contribution in [0.2, 0.25) is 0 Å². The first-order valence-corrected chi connectivity index (χ1v) is 14.1. The Kier molecular flexibility index (Phi) is 11.1. The molecule has 3 aromatic rings. The fourth-order valence-electron chi connectivity index (χ4n) is 5.03. The summed E-state index contributed by atoms with van der Waals surface area (Å²) in [6.07, 6.45) is -3.56. The number of anilines is 1.